The van der Waals surface area contributed by atoms with Crippen LogP contribution in [0.3, 0.4) is 0 Å². The summed E-state index contributed by atoms with van der Waals surface area (Å²) in [6, 6.07) is 9.83. The van der Waals surface area contributed by atoms with E-state index >= 15 is 0 Å². The molecule has 1 aliphatic heterocycles. The Labute approximate surface area is 230 Å². The smallest absolute Gasteiger partial charge is 0.452 e. The van der Waals surface area contributed by atoms with Crippen LogP contribution in [-0.4, -0.2) is 65.3 Å². The number of carbonyl (C=O) groups excluding carboxylic acids is 1. The summed E-state index contributed by atoms with van der Waals surface area (Å²) in [7, 11) is -4.37. The molecule has 1 amide bonds. The summed E-state index contributed by atoms with van der Waals surface area (Å²) in [6.45, 7) is 0.910. The van der Waals surface area contributed by atoms with Gasteiger partial charge >= 0.3 is 12.1 Å². The zero-order valence-corrected chi connectivity index (χ0v) is 22.4. The molecule has 1 saturated carbocycles. The second-order valence-corrected chi connectivity index (χ2v) is 12.9. The summed E-state index contributed by atoms with van der Waals surface area (Å²) >= 11 is 0.626. The minimum atomic E-state index is -4.75. The number of aliphatic hydroxyl groups is 1. The van der Waals surface area contributed by atoms with E-state index in [1.165, 1.54) is 6.07 Å². The number of nitrogens with one attached hydrogen (secondary N) is 1. The number of rotatable bonds is 8. The Balaban J connectivity index is 1.30. The number of likely N-dealkylation sites (tertiary alicyclic amines) is 1. The van der Waals surface area contributed by atoms with Gasteiger partial charge in [0.05, 0.1) is 17.4 Å². The van der Waals surface area contributed by atoms with Gasteiger partial charge in [0.2, 0.25) is 11.7 Å². The van der Waals surface area contributed by atoms with E-state index in [4.69, 9.17) is 0 Å². The van der Waals surface area contributed by atoms with Gasteiger partial charge in [-0.05, 0) is 42.5 Å². The number of aliphatic hydroxyl groups excluding tert-OH is 1. The molecule has 3 aromatic rings. The highest BCUT2D eigenvalue weighted by molar-refractivity contribution is 7.91. The van der Waals surface area contributed by atoms with Crippen LogP contribution in [0.1, 0.15) is 42.1 Å². The lowest BCUT2D eigenvalue weighted by molar-refractivity contribution is -0.155. The Morgan fingerprint density at radius 2 is 1.90 bits per heavy atom. The average Bonchev–Trinajstić information content (AvgIpc) is 3.24. The molecule has 2 aromatic heterocycles. The quantitative estimate of drug-likeness (QED) is 0.357. The molecule has 0 spiro atoms. The molecule has 1 unspecified atom stereocenters. The molecule has 214 valence electrons. The molecule has 3 heterocycles. The van der Waals surface area contributed by atoms with Crippen LogP contribution in [0.5, 0.6) is 0 Å². The summed E-state index contributed by atoms with van der Waals surface area (Å²) in [5.41, 5.74) is -0.829. The van der Waals surface area contributed by atoms with E-state index in [1.807, 2.05) is 0 Å². The third-order valence-electron chi connectivity index (χ3n) is 7.07. The summed E-state index contributed by atoms with van der Waals surface area (Å²) in [6.07, 6.45) is -4.10. The van der Waals surface area contributed by atoms with Crippen molar-refractivity contribution in [1.82, 2.24) is 14.8 Å². The number of aromatic nitrogens is 1. The SMILES string of the molecule is O=C(Cc1cccc([C@@H]2CC2(NS(=O)(=O)c2ccc(-c3cc(C(F)(F)F)on3)s2)C(=O)O)c1)N1CCC(O)CC1. The molecule has 2 atom stereocenters. The molecule has 1 aromatic carbocycles. The second kappa shape index (κ2) is 10.3. The fraction of sp³-hybridized carbons (Fsp3) is 0.400. The van der Waals surface area contributed by atoms with Crippen molar-refractivity contribution in [2.75, 3.05) is 13.1 Å². The lowest BCUT2D eigenvalue weighted by Crippen LogP contribution is -2.44. The topological polar surface area (TPSA) is 150 Å². The number of hydrogen-bond acceptors (Lipinski definition) is 8. The lowest BCUT2D eigenvalue weighted by Gasteiger charge is -2.29. The Kier molecular flexibility index (Phi) is 7.27. The van der Waals surface area contributed by atoms with Crippen molar-refractivity contribution in [1.29, 1.82) is 0 Å². The Hall–Kier alpha value is -3.27. The Morgan fingerprint density at radius 3 is 2.55 bits per heavy atom. The molecule has 1 saturated heterocycles. The minimum Gasteiger partial charge on any atom is -0.480 e. The Bertz CT molecular complexity index is 1540. The van der Waals surface area contributed by atoms with Crippen molar-refractivity contribution in [3.05, 3.63) is 59.4 Å². The number of hydrogen-bond donors (Lipinski definition) is 3. The summed E-state index contributed by atoms with van der Waals surface area (Å²) in [5.74, 6) is -3.53. The highest BCUT2D eigenvalue weighted by Gasteiger charge is 2.63. The maximum atomic E-state index is 13.1. The van der Waals surface area contributed by atoms with Gasteiger partial charge in [0.1, 0.15) is 15.4 Å². The number of carboxylic acids is 1. The monoisotopic (exact) mass is 599 g/mol. The number of carbonyl (C=O) groups is 2. The van der Waals surface area contributed by atoms with E-state index in [2.05, 4.69) is 14.4 Å². The van der Waals surface area contributed by atoms with E-state index in [1.54, 1.807) is 29.2 Å². The van der Waals surface area contributed by atoms with E-state index in [0.29, 0.717) is 54.5 Å². The molecule has 0 radical (unpaired) electrons. The van der Waals surface area contributed by atoms with Crippen molar-refractivity contribution in [3.63, 3.8) is 0 Å². The molecular weight excluding hydrogens is 575 g/mol. The van der Waals surface area contributed by atoms with Crippen molar-refractivity contribution in [2.24, 2.45) is 0 Å². The van der Waals surface area contributed by atoms with Gasteiger partial charge in [-0.2, -0.15) is 17.9 Å². The van der Waals surface area contributed by atoms with Gasteiger partial charge in [-0.25, -0.2) is 8.42 Å². The predicted molar refractivity (Wildman–Crippen MR) is 135 cm³/mol. The molecule has 15 heteroatoms. The van der Waals surface area contributed by atoms with Crippen molar-refractivity contribution in [3.8, 4) is 10.6 Å². The zero-order chi connectivity index (χ0) is 28.9. The first kappa shape index (κ1) is 28.3. The molecule has 3 N–H and O–H groups in total. The average molecular weight is 600 g/mol. The number of nitrogens with zero attached hydrogens (tertiary/aromatic N) is 2. The van der Waals surface area contributed by atoms with Crippen molar-refractivity contribution in [2.45, 2.75) is 53.6 Å². The summed E-state index contributed by atoms with van der Waals surface area (Å²) < 4.78 is 71.0. The molecule has 5 rings (SSSR count). The fourth-order valence-corrected chi connectivity index (χ4v) is 7.46. The van der Waals surface area contributed by atoms with Crippen molar-refractivity contribution >= 4 is 33.2 Å². The highest BCUT2D eigenvalue weighted by atomic mass is 32.2. The fourth-order valence-electron chi connectivity index (χ4n) is 4.80. The van der Waals surface area contributed by atoms with Crippen LogP contribution in [-0.2, 0) is 32.2 Å². The number of sulfonamides is 1. The number of halogens is 3. The van der Waals surface area contributed by atoms with Crippen LogP contribution >= 0.6 is 11.3 Å². The molecule has 2 aliphatic rings. The van der Waals surface area contributed by atoms with Crippen LogP contribution in [0.2, 0.25) is 0 Å². The molecule has 40 heavy (non-hydrogen) atoms. The van der Waals surface area contributed by atoms with E-state index in [9.17, 15) is 41.4 Å². The number of benzene rings is 1. The first-order valence-corrected chi connectivity index (χ1v) is 14.5. The van der Waals surface area contributed by atoms with E-state index < -0.39 is 45.5 Å². The summed E-state index contributed by atoms with van der Waals surface area (Å²) in [5, 5.41) is 23.0. The first-order valence-electron chi connectivity index (χ1n) is 12.2. The predicted octanol–water partition coefficient (Wildman–Crippen LogP) is 3.24. The van der Waals surface area contributed by atoms with Gasteiger partial charge in [0.15, 0.2) is 0 Å². The van der Waals surface area contributed by atoms with Gasteiger partial charge in [-0.1, -0.05) is 29.4 Å². The maximum Gasteiger partial charge on any atom is 0.452 e. The van der Waals surface area contributed by atoms with E-state index in [0.717, 1.165) is 6.07 Å². The third-order valence-corrected chi connectivity index (χ3v) is 10.2. The van der Waals surface area contributed by atoms with Gasteiger partial charge in [-0.3, -0.25) is 9.59 Å². The van der Waals surface area contributed by atoms with Gasteiger partial charge in [-0.15, -0.1) is 11.3 Å². The molecule has 10 nitrogen and oxygen atoms in total. The van der Waals surface area contributed by atoms with Gasteiger partial charge in [0, 0.05) is 25.1 Å². The second-order valence-electron chi connectivity index (χ2n) is 9.87. The summed E-state index contributed by atoms with van der Waals surface area (Å²) in [4.78, 5) is 26.7. The Morgan fingerprint density at radius 1 is 1.18 bits per heavy atom. The standard InChI is InChI=1S/C25H24F3N3O7S2/c26-25(27,28)20-12-18(29-38-20)19-4-5-22(39-19)40(36,37)30-24(23(34)35)13-17(24)15-3-1-2-14(10-15)11-21(33)31-8-6-16(32)7-9-31/h1-5,10,12,16-17,30,32H,6-9,11,13H2,(H,34,35)/t17-,24?/m0/s1. The zero-order valence-electron chi connectivity index (χ0n) is 20.7. The largest absolute Gasteiger partial charge is 0.480 e. The number of carboxylic acid groups (broad SMARTS) is 1. The van der Waals surface area contributed by atoms with Crippen LogP contribution in [0.15, 0.2) is 51.2 Å². The molecule has 0 bridgehead atoms. The molecule has 2 fully saturated rings. The lowest BCUT2D eigenvalue weighted by atomic mass is 10.0. The van der Waals surface area contributed by atoms with Crippen LogP contribution in [0.25, 0.3) is 10.6 Å². The number of piperidine rings is 1. The minimum absolute atomic E-state index is 0.0283. The molecular formula is C25H24F3N3O7S2. The van der Waals surface area contributed by atoms with Gasteiger partial charge < -0.3 is 19.6 Å². The van der Waals surface area contributed by atoms with Gasteiger partial charge in [0.25, 0.3) is 10.0 Å². The highest BCUT2D eigenvalue weighted by Crippen LogP contribution is 2.53. The van der Waals surface area contributed by atoms with Crippen LogP contribution < -0.4 is 4.72 Å². The van der Waals surface area contributed by atoms with Crippen LogP contribution in [0, 0.1) is 0 Å². The third kappa shape index (κ3) is 5.64. The van der Waals surface area contributed by atoms with E-state index in [-0.39, 0.29) is 33.5 Å². The van der Waals surface area contributed by atoms with Crippen LogP contribution in [0.4, 0.5) is 13.2 Å². The maximum absolute atomic E-state index is 13.1. The number of amides is 1. The number of aliphatic carboxylic acids is 1. The number of thiophene rings is 1. The van der Waals surface area contributed by atoms with Crippen molar-refractivity contribution < 1.29 is 45.9 Å². The normalized spacial score (nSPS) is 21.9. The first-order chi connectivity index (χ1) is 18.8. The molecule has 1 aliphatic carbocycles. The number of alkyl halides is 3.